The van der Waals surface area contributed by atoms with Crippen molar-refractivity contribution in [1.82, 2.24) is 5.43 Å². The first kappa shape index (κ1) is 14.8. The van der Waals surface area contributed by atoms with Crippen LogP contribution in [0.4, 0.5) is 5.69 Å². The summed E-state index contributed by atoms with van der Waals surface area (Å²) in [6, 6.07) is 8.42. The quantitative estimate of drug-likeness (QED) is 0.793. The smallest absolute Gasteiger partial charge is 0.277 e. The van der Waals surface area contributed by atoms with Gasteiger partial charge in [0.2, 0.25) is 0 Å². The second-order valence-electron chi connectivity index (χ2n) is 4.66. The fraction of sp³-hybridized carbons (Fsp3) is 0.364. The number of nitrogens with zero attached hydrogens (tertiary/aromatic N) is 1. The molecule has 1 saturated heterocycles. The second kappa shape index (κ2) is 4.45. The van der Waals surface area contributed by atoms with Crippen molar-refractivity contribution < 1.29 is 21.6 Å². The third-order valence-electron chi connectivity index (χ3n) is 3.21. The van der Waals surface area contributed by atoms with Gasteiger partial charge in [-0.3, -0.25) is 15.2 Å². The van der Waals surface area contributed by atoms with Gasteiger partial charge in [0.1, 0.15) is 0 Å². The summed E-state index contributed by atoms with van der Waals surface area (Å²) >= 11 is 0. The Hall–Kier alpha value is -1.61. The molecule has 1 fully saturated rings. The molecule has 0 saturated carbocycles. The molecule has 0 aliphatic carbocycles. The van der Waals surface area contributed by atoms with Crippen molar-refractivity contribution in [2.45, 2.75) is 4.08 Å². The lowest BCUT2D eigenvalue weighted by Gasteiger charge is -2.22. The maximum atomic E-state index is 12.1. The lowest BCUT2D eigenvalue weighted by Crippen LogP contribution is -2.53. The Morgan fingerprint density at radius 3 is 1.95 bits per heavy atom. The van der Waals surface area contributed by atoms with E-state index in [1.165, 1.54) is 5.01 Å². The fourth-order valence-electron chi connectivity index (χ4n) is 2.14. The fourth-order valence-corrected chi connectivity index (χ4v) is 5.83. The molecule has 1 amide bonds. The van der Waals surface area contributed by atoms with E-state index in [1.54, 1.807) is 30.3 Å². The molecule has 0 bridgehead atoms. The van der Waals surface area contributed by atoms with Crippen LogP contribution in [0.2, 0.25) is 0 Å². The van der Waals surface area contributed by atoms with Crippen LogP contribution in [0.1, 0.15) is 0 Å². The molecule has 20 heavy (non-hydrogen) atoms. The molecule has 0 radical (unpaired) electrons. The van der Waals surface area contributed by atoms with Gasteiger partial charge in [0.15, 0.2) is 19.7 Å². The van der Waals surface area contributed by atoms with Gasteiger partial charge in [0, 0.05) is 12.5 Å². The topological polar surface area (TPSA) is 101 Å². The number of para-hydroxylation sites is 1. The minimum absolute atomic E-state index is 0.479. The molecular weight excluding hydrogens is 304 g/mol. The zero-order valence-electron chi connectivity index (χ0n) is 10.9. The average molecular weight is 318 g/mol. The standard InChI is InChI=1S/C11H14N2O5S2/c1-19(15,16)11(20(2,17)18)8-13(12-10(11)14)9-6-4-3-5-7-9/h3-7H,8H2,1-2H3,(H,12,14). The Labute approximate surface area is 117 Å². The van der Waals surface area contributed by atoms with Crippen molar-refractivity contribution >= 4 is 31.3 Å². The van der Waals surface area contributed by atoms with Gasteiger partial charge in [-0.05, 0) is 12.1 Å². The Balaban J connectivity index is 2.56. The molecule has 1 N–H and O–H groups in total. The predicted octanol–water partition coefficient (Wildman–Crippen LogP) is -0.677. The number of amides is 1. The highest BCUT2D eigenvalue weighted by molar-refractivity contribution is 8.11. The number of nitrogens with one attached hydrogen (secondary N) is 1. The van der Waals surface area contributed by atoms with E-state index in [9.17, 15) is 21.6 Å². The molecular formula is C11H14N2O5S2. The number of hydrazine groups is 1. The van der Waals surface area contributed by atoms with Gasteiger partial charge in [0.05, 0.1) is 12.2 Å². The molecule has 0 aromatic heterocycles. The van der Waals surface area contributed by atoms with Crippen LogP contribution in [0, 0.1) is 0 Å². The van der Waals surface area contributed by atoms with Crippen LogP contribution < -0.4 is 10.4 Å². The highest BCUT2D eigenvalue weighted by atomic mass is 32.3. The molecule has 7 nitrogen and oxygen atoms in total. The summed E-state index contributed by atoms with van der Waals surface area (Å²) in [6.07, 6.45) is 1.50. The van der Waals surface area contributed by atoms with Gasteiger partial charge in [-0.2, -0.15) is 0 Å². The Morgan fingerprint density at radius 1 is 1.05 bits per heavy atom. The lowest BCUT2D eigenvalue weighted by atomic mass is 10.3. The van der Waals surface area contributed by atoms with Crippen LogP contribution in [0.3, 0.4) is 0 Å². The predicted molar refractivity (Wildman–Crippen MR) is 74.3 cm³/mol. The third kappa shape index (κ3) is 2.06. The van der Waals surface area contributed by atoms with Crippen LogP contribution in [-0.4, -0.2) is 45.9 Å². The van der Waals surface area contributed by atoms with Crippen molar-refractivity contribution in [2.24, 2.45) is 0 Å². The Bertz CT molecular complexity index is 708. The number of anilines is 1. The van der Waals surface area contributed by atoms with Gasteiger partial charge in [0.25, 0.3) is 9.99 Å². The van der Waals surface area contributed by atoms with E-state index < -0.39 is 36.2 Å². The van der Waals surface area contributed by atoms with E-state index in [4.69, 9.17) is 0 Å². The van der Waals surface area contributed by atoms with E-state index in [-0.39, 0.29) is 0 Å². The number of carbonyl (C=O) groups is 1. The van der Waals surface area contributed by atoms with Crippen LogP contribution in [0.15, 0.2) is 30.3 Å². The van der Waals surface area contributed by atoms with E-state index in [1.807, 2.05) is 0 Å². The molecule has 1 aliphatic heterocycles. The monoisotopic (exact) mass is 318 g/mol. The van der Waals surface area contributed by atoms with Gasteiger partial charge in [-0.15, -0.1) is 0 Å². The maximum Gasteiger partial charge on any atom is 0.277 e. The number of hydrogen-bond donors (Lipinski definition) is 1. The van der Waals surface area contributed by atoms with Crippen molar-refractivity contribution in [2.75, 3.05) is 24.1 Å². The molecule has 9 heteroatoms. The summed E-state index contributed by atoms with van der Waals surface area (Å²) in [5.41, 5.74) is 2.82. The van der Waals surface area contributed by atoms with Gasteiger partial charge in [-0.25, -0.2) is 16.8 Å². The van der Waals surface area contributed by atoms with E-state index in [0.717, 1.165) is 12.5 Å². The average Bonchev–Trinajstić information content (AvgIpc) is 2.68. The van der Waals surface area contributed by atoms with Crippen LogP contribution in [-0.2, 0) is 24.5 Å². The molecule has 110 valence electrons. The van der Waals surface area contributed by atoms with Gasteiger partial charge in [-0.1, -0.05) is 18.2 Å². The second-order valence-corrected chi connectivity index (χ2v) is 9.40. The number of rotatable bonds is 3. The number of carbonyl (C=O) groups excluding carboxylic acids is 1. The van der Waals surface area contributed by atoms with E-state index in [2.05, 4.69) is 5.43 Å². The maximum absolute atomic E-state index is 12.1. The van der Waals surface area contributed by atoms with Crippen molar-refractivity contribution in [1.29, 1.82) is 0 Å². The minimum atomic E-state index is -4.15. The van der Waals surface area contributed by atoms with Crippen molar-refractivity contribution in [3.63, 3.8) is 0 Å². The normalized spacial score (nSPS) is 18.9. The Morgan fingerprint density at radius 2 is 1.55 bits per heavy atom. The molecule has 2 rings (SSSR count). The molecule has 1 aliphatic rings. The highest BCUT2D eigenvalue weighted by Crippen LogP contribution is 2.31. The summed E-state index contributed by atoms with van der Waals surface area (Å²) in [5.74, 6) is -1.05. The zero-order chi connectivity index (χ0) is 15.2. The summed E-state index contributed by atoms with van der Waals surface area (Å²) in [6.45, 7) is -0.479. The molecule has 1 aromatic carbocycles. The number of benzene rings is 1. The number of sulfone groups is 2. The third-order valence-corrected chi connectivity index (χ3v) is 8.06. The zero-order valence-corrected chi connectivity index (χ0v) is 12.5. The molecule has 0 spiro atoms. The van der Waals surface area contributed by atoms with Crippen LogP contribution in [0.25, 0.3) is 0 Å². The summed E-state index contributed by atoms with van der Waals surface area (Å²) < 4.78 is 45.2. The summed E-state index contributed by atoms with van der Waals surface area (Å²) in [7, 11) is -8.31. The molecule has 0 atom stereocenters. The highest BCUT2D eigenvalue weighted by Gasteiger charge is 2.62. The summed E-state index contributed by atoms with van der Waals surface area (Å²) in [4.78, 5) is 12.1. The van der Waals surface area contributed by atoms with E-state index >= 15 is 0 Å². The van der Waals surface area contributed by atoms with E-state index in [0.29, 0.717) is 5.69 Å². The first-order valence-electron chi connectivity index (χ1n) is 5.62. The molecule has 1 aromatic rings. The Kier molecular flexibility index (Phi) is 3.29. The lowest BCUT2D eigenvalue weighted by molar-refractivity contribution is -0.119. The van der Waals surface area contributed by atoms with Gasteiger partial charge < -0.3 is 0 Å². The van der Waals surface area contributed by atoms with Crippen LogP contribution >= 0.6 is 0 Å². The molecule has 1 heterocycles. The summed E-state index contributed by atoms with van der Waals surface area (Å²) in [5, 5.41) is 1.23. The van der Waals surface area contributed by atoms with Crippen molar-refractivity contribution in [3.05, 3.63) is 30.3 Å². The first-order chi connectivity index (χ1) is 9.09. The number of hydrogen-bond acceptors (Lipinski definition) is 6. The first-order valence-corrected chi connectivity index (χ1v) is 9.41. The largest absolute Gasteiger partial charge is 0.282 e. The SMILES string of the molecule is CS(=O)(=O)C1(S(C)(=O)=O)CN(c2ccccc2)NC1=O. The minimum Gasteiger partial charge on any atom is -0.282 e. The van der Waals surface area contributed by atoms with Crippen molar-refractivity contribution in [3.8, 4) is 0 Å². The van der Waals surface area contributed by atoms with Gasteiger partial charge >= 0.3 is 0 Å². The van der Waals surface area contributed by atoms with Crippen LogP contribution in [0.5, 0.6) is 0 Å². The molecule has 0 unspecified atom stereocenters.